The lowest BCUT2D eigenvalue weighted by atomic mass is 9.94. The maximum atomic E-state index is 10.3. The first-order chi connectivity index (χ1) is 13.1. The molecular weight excluding hydrogens is 344 g/mol. The normalized spacial score (nSPS) is 16.8. The molecule has 0 bridgehead atoms. The summed E-state index contributed by atoms with van der Waals surface area (Å²) in [5, 5.41) is 28.6. The second-order valence-electron chi connectivity index (χ2n) is 7.57. The monoisotopic (exact) mass is 380 g/mol. The molecule has 0 radical (unpaired) electrons. The van der Waals surface area contributed by atoms with E-state index in [1.807, 2.05) is 29.2 Å². The Morgan fingerprint density at radius 1 is 1.11 bits per heavy atom. The standard InChI is InChI=1S/C21H36N2O4/c1-22(19-7-3-2-4-8-19)16-20(26)17-27-21-9-5-6-18(14-21)15-23(10-12-24)11-13-25/h5-6,9,14,19-20,24-26H,2-4,7-8,10-13,15-17H2,1H3. The van der Waals surface area contributed by atoms with Crippen molar-refractivity contribution in [2.24, 2.45) is 0 Å². The molecule has 6 nitrogen and oxygen atoms in total. The Hall–Kier alpha value is -1.18. The number of rotatable bonds is 12. The summed E-state index contributed by atoms with van der Waals surface area (Å²) in [6.45, 7) is 2.73. The van der Waals surface area contributed by atoms with Crippen molar-refractivity contribution in [1.29, 1.82) is 0 Å². The quantitative estimate of drug-likeness (QED) is 0.510. The molecule has 27 heavy (non-hydrogen) atoms. The van der Waals surface area contributed by atoms with E-state index in [9.17, 15) is 5.11 Å². The van der Waals surface area contributed by atoms with Crippen molar-refractivity contribution >= 4 is 0 Å². The predicted molar refractivity (Wildman–Crippen MR) is 107 cm³/mol. The Labute approximate surface area is 163 Å². The number of aliphatic hydroxyl groups is 3. The van der Waals surface area contributed by atoms with Gasteiger partial charge in [0.25, 0.3) is 0 Å². The van der Waals surface area contributed by atoms with Gasteiger partial charge >= 0.3 is 0 Å². The minimum Gasteiger partial charge on any atom is -0.491 e. The Bertz CT molecular complexity index is 517. The number of ether oxygens (including phenoxy) is 1. The molecular formula is C21H36N2O4. The zero-order valence-electron chi connectivity index (χ0n) is 16.6. The number of hydrogen-bond donors (Lipinski definition) is 3. The summed E-state index contributed by atoms with van der Waals surface area (Å²) in [6, 6.07) is 8.37. The van der Waals surface area contributed by atoms with Crippen LogP contribution in [0.25, 0.3) is 0 Å². The van der Waals surface area contributed by atoms with Gasteiger partial charge in [-0.15, -0.1) is 0 Å². The highest BCUT2D eigenvalue weighted by Gasteiger charge is 2.20. The van der Waals surface area contributed by atoms with Crippen LogP contribution in [-0.4, -0.2) is 83.8 Å². The summed E-state index contributed by atoms with van der Waals surface area (Å²) in [5.41, 5.74) is 1.06. The highest BCUT2D eigenvalue weighted by atomic mass is 16.5. The SMILES string of the molecule is CN(CC(O)COc1cccc(CN(CCO)CCO)c1)C1CCCCC1. The zero-order valence-corrected chi connectivity index (χ0v) is 16.6. The minimum atomic E-state index is -0.513. The summed E-state index contributed by atoms with van der Waals surface area (Å²) in [7, 11) is 2.09. The Morgan fingerprint density at radius 3 is 2.48 bits per heavy atom. The topological polar surface area (TPSA) is 76.4 Å². The molecule has 0 saturated heterocycles. The van der Waals surface area contributed by atoms with E-state index in [0.29, 0.717) is 32.2 Å². The van der Waals surface area contributed by atoms with Crippen molar-refractivity contribution in [3.8, 4) is 5.75 Å². The van der Waals surface area contributed by atoms with Gasteiger partial charge in [0.1, 0.15) is 18.5 Å². The third kappa shape index (κ3) is 8.15. The lowest BCUT2D eigenvalue weighted by molar-refractivity contribution is 0.0561. The highest BCUT2D eigenvalue weighted by molar-refractivity contribution is 5.28. The molecule has 0 amide bonds. The molecule has 1 aromatic carbocycles. The second kappa shape index (κ2) is 12.3. The highest BCUT2D eigenvalue weighted by Crippen LogP contribution is 2.22. The molecule has 2 rings (SSSR count). The van der Waals surface area contributed by atoms with Crippen molar-refractivity contribution in [3.05, 3.63) is 29.8 Å². The molecule has 1 atom stereocenters. The van der Waals surface area contributed by atoms with Crippen molar-refractivity contribution < 1.29 is 20.1 Å². The fourth-order valence-electron chi connectivity index (χ4n) is 3.79. The van der Waals surface area contributed by atoms with Gasteiger partial charge in [-0.3, -0.25) is 4.90 Å². The van der Waals surface area contributed by atoms with Crippen molar-refractivity contribution in [2.45, 2.75) is 50.8 Å². The van der Waals surface area contributed by atoms with Gasteiger partial charge in [-0.2, -0.15) is 0 Å². The largest absolute Gasteiger partial charge is 0.491 e. The minimum absolute atomic E-state index is 0.0664. The van der Waals surface area contributed by atoms with Crippen LogP contribution in [0.4, 0.5) is 0 Å². The van der Waals surface area contributed by atoms with E-state index in [1.54, 1.807) is 0 Å². The Morgan fingerprint density at radius 2 is 1.81 bits per heavy atom. The summed E-state index contributed by atoms with van der Waals surface area (Å²) < 4.78 is 5.80. The van der Waals surface area contributed by atoms with Crippen LogP contribution in [0.5, 0.6) is 5.75 Å². The van der Waals surface area contributed by atoms with Crippen molar-refractivity contribution in [3.63, 3.8) is 0 Å². The van der Waals surface area contributed by atoms with E-state index < -0.39 is 6.10 Å². The molecule has 0 spiro atoms. The smallest absolute Gasteiger partial charge is 0.119 e. The van der Waals surface area contributed by atoms with Crippen LogP contribution in [0.15, 0.2) is 24.3 Å². The van der Waals surface area contributed by atoms with Gasteiger partial charge < -0.3 is 25.0 Å². The summed E-state index contributed by atoms with van der Waals surface area (Å²) >= 11 is 0. The molecule has 0 aliphatic heterocycles. The van der Waals surface area contributed by atoms with E-state index in [2.05, 4.69) is 11.9 Å². The van der Waals surface area contributed by atoms with Crippen molar-refractivity contribution in [1.82, 2.24) is 9.80 Å². The first-order valence-corrected chi connectivity index (χ1v) is 10.2. The van der Waals surface area contributed by atoms with Crippen LogP contribution in [-0.2, 0) is 6.54 Å². The van der Waals surface area contributed by atoms with Crippen LogP contribution in [0.2, 0.25) is 0 Å². The number of hydrogen-bond acceptors (Lipinski definition) is 6. The maximum Gasteiger partial charge on any atom is 0.119 e. The molecule has 1 fully saturated rings. The summed E-state index contributed by atoms with van der Waals surface area (Å²) in [6.07, 6.45) is 5.85. The fourth-order valence-corrected chi connectivity index (χ4v) is 3.79. The van der Waals surface area contributed by atoms with Gasteiger partial charge in [-0.1, -0.05) is 31.4 Å². The van der Waals surface area contributed by atoms with Crippen LogP contribution in [0, 0.1) is 0 Å². The summed E-state index contributed by atoms with van der Waals surface area (Å²) in [4.78, 5) is 4.26. The second-order valence-corrected chi connectivity index (χ2v) is 7.57. The van der Waals surface area contributed by atoms with E-state index >= 15 is 0 Å². The molecule has 1 aliphatic carbocycles. The van der Waals surface area contributed by atoms with Gasteiger partial charge in [0.05, 0.1) is 13.2 Å². The first-order valence-electron chi connectivity index (χ1n) is 10.2. The molecule has 6 heteroatoms. The third-order valence-electron chi connectivity index (χ3n) is 5.28. The number of aliphatic hydroxyl groups excluding tert-OH is 3. The number of likely N-dealkylation sites (N-methyl/N-ethyl adjacent to an activating group) is 1. The molecule has 0 aromatic heterocycles. The van der Waals surface area contributed by atoms with E-state index in [-0.39, 0.29) is 19.8 Å². The molecule has 1 unspecified atom stereocenters. The fraction of sp³-hybridized carbons (Fsp3) is 0.714. The third-order valence-corrected chi connectivity index (χ3v) is 5.28. The average molecular weight is 381 g/mol. The van der Waals surface area contributed by atoms with E-state index in [1.165, 1.54) is 32.1 Å². The van der Waals surface area contributed by atoms with Crippen LogP contribution >= 0.6 is 0 Å². The molecule has 0 heterocycles. The number of nitrogens with zero attached hydrogens (tertiary/aromatic N) is 2. The number of benzene rings is 1. The molecule has 1 aliphatic rings. The van der Waals surface area contributed by atoms with Crippen LogP contribution < -0.4 is 4.74 Å². The summed E-state index contributed by atoms with van der Waals surface area (Å²) in [5.74, 6) is 0.736. The van der Waals surface area contributed by atoms with Crippen LogP contribution in [0.3, 0.4) is 0 Å². The van der Waals surface area contributed by atoms with Gasteiger partial charge in [0, 0.05) is 32.2 Å². The first kappa shape index (κ1) is 22.1. The molecule has 1 aromatic rings. The average Bonchev–Trinajstić information content (AvgIpc) is 2.68. The van der Waals surface area contributed by atoms with Gasteiger partial charge in [0.15, 0.2) is 0 Å². The predicted octanol–water partition coefficient (Wildman–Crippen LogP) is 1.48. The molecule has 1 saturated carbocycles. The van der Waals surface area contributed by atoms with E-state index in [0.717, 1.165) is 11.3 Å². The van der Waals surface area contributed by atoms with E-state index in [4.69, 9.17) is 14.9 Å². The van der Waals surface area contributed by atoms with Gasteiger partial charge in [-0.05, 0) is 37.6 Å². The lowest BCUT2D eigenvalue weighted by Crippen LogP contribution is -2.40. The lowest BCUT2D eigenvalue weighted by Gasteiger charge is -2.32. The Balaban J connectivity index is 1.79. The van der Waals surface area contributed by atoms with Gasteiger partial charge in [0.2, 0.25) is 0 Å². The zero-order chi connectivity index (χ0) is 19.5. The van der Waals surface area contributed by atoms with Crippen LogP contribution in [0.1, 0.15) is 37.7 Å². The van der Waals surface area contributed by atoms with Gasteiger partial charge in [-0.25, -0.2) is 0 Å². The van der Waals surface area contributed by atoms with Crippen molar-refractivity contribution in [2.75, 3.05) is 46.5 Å². The maximum absolute atomic E-state index is 10.3. The Kier molecular flexibility index (Phi) is 10.1. The molecule has 3 N–H and O–H groups in total. The molecule has 154 valence electrons.